The van der Waals surface area contributed by atoms with Gasteiger partial charge in [-0.1, -0.05) is 63.8 Å². The van der Waals surface area contributed by atoms with Crippen molar-refractivity contribution in [1.29, 1.82) is 0 Å². The molecule has 142 valence electrons. The van der Waals surface area contributed by atoms with E-state index in [1.165, 1.54) is 61.3 Å². The molecule has 0 spiro atoms. The highest BCUT2D eigenvalue weighted by Gasteiger charge is 2.05. The summed E-state index contributed by atoms with van der Waals surface area (Å²) < 4.78 is 30.1. The van der Waals surface area contributed by atoms with Crippen LogP contribution in [0.2, 0.25) is 0 Å². The molecule has 0 aromatic heterocycles. The standard InChI is InChI=1S/C21H34O3S/c1-3-5-8-12-19-15-16-20(21(18-19)14-9-6-4-2)13-10-7-11-17-25(22,23)24/h11,15-18H,3-10,12-14H2,1-2H3,(H,22,23,24). The van der Waals surface area contributed by atoms with Crippen LogP contribution in [-0.4, -0.2) is 13.0 Å². The molecule has 3 nitrogen and oxygen atoms in total. The van der Waals surface area contributed by atoms with Crippen molar-refractivity contribution in [2.75, 3.05) is 0 Å². The highest BCUT2D eigenvalue weighted by atomic mass is 32.2. The molecule has 1 aromatic carbocycles. The fourth-order valence-electron chi connectivity index (χ4n) is 3.06. The Morgan fingerprint density at radius 1 is 0.880 bits per heavy atom. The van der Waals surface area contributed by atoms with Crippen molar-refractivity contribution < 1.29 is 13.0 Å². The van der Waals surface area contributed by atoms with Crippen molar-refractivity contribution >= 4 is 10.1 Å². The molecule has 0 saturated carbocycles. The van der Waals surface area contributed by atoms with Crippen LogP contribution < -0.4 is 0 Å². The average molecular weight is 367 g/mol. The summed E-state index contributed by atoms with van der Waals surface area (Å²) in [6.45, 7) is 4.46. The molecule has 0 fully saturated rings. The Kier molecular flexibility index (Phi) is 10.7. The highest BCUT2D eigenvalue weighted by molar-refractivity contribution is 7.88. The number of hydrogen-bond acceptors (Lipinski definition) is 2. The summed E-state index contributed by atoms with van der Waals surface area (Å²) in [5.74, 6) is 0. The van der Waals surface area contributed by atoms with Gasteiger partial charge in [0.05, 0.1) is 5.41 Å². The first kappa shape index (κ1) is 21.9. The predicted molar refractivity (Wildman–Crippen MR) is 107 cm³/mol. The van der Waals surface area contributed by atoms with Crippen LogP contribution in [0.4, 0.5) is 0 Å². The third-order valence-corrected chi connectivity index (χ3v) is 5.01. The molecule has 25 heavy (non-hydrogen) atoms. The van der Waals surface area contributed by atoms with E-state index < -0.39 is 10.1 Å². The number of aryl methyl sites for hydroxylation is 3. The molecule has 0 saturated heterocycles. The van der Waals surface area contributed by atoms with E-state index in [1.807, 2.05) is 0 Å². The Bertz CT molecular complexity index is 618. The van der Waals surface area contributed by atoms with Gasteiger partial charge in [0.1, 0.15) is 0 Å². The van der Waals surface area contributed by atoms with E-state index in [2.05, 4.69) is 32.0 Å². The minimum absolute atomic E-state index is 0.659. The second kappa shape index (κ2) is 12.3. The topological polar surface area (TPSA) is 54.4 Å². The lowest BCUT2D eigenvalue weighted by molar-refractivity contribution is 0.494. The molecular formula is C21H34O3S. The predicted octanol–water partition coefficient (Wildman–Crippen LogP) is 5.88. The largest absolute Gasteiger partial charge is 0.287 e. The third-order valence-electron chi connectivity index (χ3n) is 4.47. The molecule has 1 aromatic rings. The maximum Gasteiger partial charge on any atom is 0.287 e. The summed E-state index contributed by atoms with van der Waals surface area (Å²) in [7, 11) is -3.99. The number of benzene rings is 1. The maximum atomic E-state index is 10.7. The average Bonchev–Trinajstić information content (AvgIpc) is 2.55. The zero-order valence-corrected chi connectivity index (χ0v) is 16.7. The lowest BCUT2D eigenvalue weighted by Crippen LogP contribution is -1.98. The zero-order chi connectivity index (χ0) is 18.5. The Balaban J connectivity index is 2.66. The summed E-state index contributed by atoms with van der Waals surface area (Å²) in [6.07, 6.45) is 13.8. The van der Waals surface area contributed by atoms with Gasteiger partial charge in [0.15, 0.2) is 0 Å². The third kappa shape index (κ3) is 10.5. The molecule has 1 N–H and O–H groups in total. The van der Waals surface area contributed by atoms with Gasteiger partial charge in [0, 0.05) is 0 Å². The summed E-state index contributed by atoms with van der Waals surface area (Å²) in [6, 6.07) is 6.89. The minimum atomic E-state index is -3.99. The number of unbranched alkanes of at least 4 members (excludes halogenated alkanes) is 5. The van der Waals surface area contributed by atoms with Crippen LogP contribution in [0.5, 0.6) is 0 Å². The summed E-state index contributed by atoms with van der Waals surface area (Å²) >= 11 is 0. The van der Waals surface area contributed by atoms with E-state index in [4.69, 9.17) is 4.55 Å². The first-order valence-electron chi connectivity index (χ1n) is 9.71. The molecule has 0 aliphatic rings. The fourth-order valence-corrected chi connectivity index (χ4v) is 3.44. The van der Waals surface area contributed by atoms with E-state index >= 15 is 0 Å². The van der Waals surface area contributed by atoms with Gasteiger partial charge >= 0.3 is 0 Å². The molecule has 4 heteroatoms. The number of allylic oxidation sites excluding steroid dienone is 1. The Hall–Kier alpha value is -1.13. The van der Waals surface area contributed by atoms with Gasteiger partial charge in [-0.15, -0.1) is 0 Å². The van der Waals surface area contributed by atoms with Crippen molar-refractivity contribution in [3.8, 4) is 0 Å². The molecule has 0 aliphatic heterocycles. The van der Waals surface area contributed by atoms with E-state index in [0.29, 0.717) is 6.42 Å². The SMILES string of the molecule is CCCCCc1ccc(CCCC=CS(=O)(=O)O)c(CCCCC)c1. The van der Waals surface area contributed by atoms with Crippen LogP contribution in [0.25, 0.3) is 0 Å². The van der Waals surface area contributed by atoms with Crippen molar-refractivity contribution in [3.05, 3.63) is 46.4 Å². The van der Waals surface area contributed by atoms with E-state index in [-0.39, 0.29) is 0 Å². The Labute approximate surface area is 154 Å². The van der Waals surface area contributed by atoms with Crippen LogP contribution >= 0.6 is 0 Å². The van der Waals surface area contributed by atoms with Gasteiger partial charge < -0.3 is 0 Å². The van der Waals surface area contributed by atoms with Crippen molar-refractivity contribution in [1.82, 2.24) is 0 Å². The van der Waals surface area contributed by atoms with Gasteiger partial charge in [-0.3, -0.25) is 4.55 Å². The molecule has 0 heterocycles. The van der Waals surface area contributed by atoms with Crippen molar-refractivity contribution in [2.45, 2.75) is 84.5 Å². The molecular weight excluding hydrogens is 332 g/mol. The molecule has 0 bridgehead atoms. The van der Waals surface area contributed by atoms with E-state index in [1.54, 1.807) is 0 Å². The lowest BCUT2D eigenvalue weighted by Gasteiger charge is -2.12. The Morgan fingerprint density at radius 2 is 1.52 bits per heavy atom. The quantitative estimate of drug-likeness (QED) is 0.350. The van der Waals surface area contributed by atoms with E-state index in [0.717, 1.165) is 31.1 Å². The van der Waals surface area contributed by atoms with Crippen molar-refractivity contribution in [3.63, 3.8) is 0 Å². The van der Waals surface area contributed by atoms with Crippen LogP contribution in [0.15, 0.2) is 29.7 Å². The summed E-state index contributed by atoms with van der Waals surface area (Å²) in [5, 5.41) is 0.881. The monoisotopic (exact) mass is 366 g/mol. The van der Waals surface area contributed by atoms with Crippen molar-refractivity contribution in [2.24, 2.45) is 0 Å². The number of rotatable bonds is 13. The molecule has 0 amide bonds. The first-order valence-corrected chi connectivity index (χ1v) is 11.2. The Morgan fingerprint density at radius 3 is 2.16 bits per heavy atom. The fraction of sp³-hybridized carbons (Fsp3) is 0.619. The van der Waals surface area contributed by atoms with Gasteiger partial charge in [-0.05, 0) is 61.6 Å². The van der Waals surface area contributed by atoms with Gasteiger partial charge in [0.2, 0.25) is 0 Å². The lowest BCUT2D eigenvalue weighted by atomic mass is 9.94. The molecule has 0 unspecified atom stereocenters. The van der Waals surface area contributed by atoms with Crippen LogP contribution in [0.3, 0.4) is 0 Å². The molecule has 0 atom stereocenters. The zero-order valence-electron chi connectivity index (χ0n) is 15.8. The van der Waals surface area contributed by atoms with Crippen LogP contribution in [0.1, 0.15) is 81.9 Å². The second-order valence-corrected chi connectivity index (χ2v) is 8.10. The second-order valence-electron chi connectivity index (χ2n) is 6.80. The molecule has 0 radical (unpaired) electrons. The van der Waals surface area contributed by atoms with Gasteiger partial charge in [0.25, 0.3) is 10.1 Å². The van der Waals surface area contributed by atoms with Crippen LogP contribution in [-0.2, 0) is 29.4 Å². The highest BCUT2D eigenvalue weighted by Crippen LogP contribution is 2.19. The van der Waals surface area contributed by atoms with E-state index in [9.17, 15) is 8.42 Å². The smallest absolute Gasteiger partial charge is 0.282 e. The minimum Gasteiger partial charge on any atom is -0.282 e. The van der Waals surface area contributed by atoms with Gasteiger partial charge in [-0.25, -0.2) is 0 Å². The molecule has 0 aliphatic carbocycles. The maximum absolute atomic E-state index is 10.7. The summed E-state index contributed by atoms with van der Waals surface area (Å²) in [4.78, 5) is 0. The number of hydrogen-bond donors (Lipinski definition) is 1. The molecule has 1 rings (SSSR count). The first-order chi connectivity index (χ1) is 12.0. The summed E-state index contributed by atoms with van der Waals surface area (Å²) in [5.41, 5.74) is 4.28. The normalized spacial score (nSPS) is 12.1. The van der Waals surface area contributed by atoms with Gasteiger partial charge in [-0.2, -0.15) is 8.42 Å². The van der Waals surface area contributed by atoms with Crippen LogP contribution in [0, 0.1) is 0 Å².